The van der Waals surface area contributed by atoms with E-state index in [1.807, 2.05) is 30.3 Å². The van der Waals surface area contributed by atoms with Gasteiger partial charge in [-0.3, -0.25) is 9.69 Å². The monoisotopic (exact) mass is 421 g/mol. The van der Waals surface area contributed by atoms with Gasteiger partial charge in [0.2, 0.25) is 0 Å². The fraction of sp³-hybridized carbons (Fsp3) is 0.636. The van der Waals surface area contributed by atoms with Crippen molar-refractivity contribution in [3.05, 3.63) is 35.9 Å². The normalized spacial score (nSPS) is 22.5. The molecule has 2 rings (SSSR count). The van der Waals surface area contributed by atoms with Crippen LogP contribution in [0, 0.1) is 23.2 Å². The molecule has 1 aromatic carbocycles. The van der Waals surface area contributed by atoms with Crippen LogP contribution in [0.5, 0.6) is 0 Å². The van der Waals surface area contributed by atoms with Gasteiger partial charge in [-0.25, -0.2) is 0 Å². The molecule has 0 spiro atoms. The molecule has 0 aliphatic carbocycles. The summed E-state index contributed by atoms with van der Waals surface area (Å²) >= 11 is 5.83. The van der Waals surface area contributed by atoms with Gasteiger partial charge in [0.15, 0.2) is 9.04 Å². The maximum atomic E-state index is 11.4. The fourth-order valence-corrected chi connectivity index (χ4v) is 5.23. The van der Waals surface area contributed by atoms with E-state index in [1.165, 1.54) is 0 Å². The first kappa shape index (κ1) is 23.2. The molecule has 1 saturated heterocycles. The standard InChI is InChI=1S/C22H35NO3SSi/c1-15(21(27)16-10-8-7-9-11-16)20-17(12-23(20)13-19(24)25)18(22(2,3)4)14-26-28(5)6/h7-11,15,17-18,20,28H,12-14H2,1-6H3,(H,24,25)/t15-,17+,18+,20+/m0/s1. The van der Waals surface area contributed by atoms with Gasteiger partial charge in [-0.15, -0.1) is 0 Å². The van der Waals surface area contributed by atoms with Crippen LogP contribution in [0.1, 0.15) is 33.3 Å². The minimum atomic E-state index is -1.11. The molecule has 0 amide bonds. The van der Waals surface area contributed by atoms with Crippen LogP contribution in [-0.4, -0.2) is 55.6 Å². The van der Waals surface area contributed by atoms with Gasteiger partial charge in [0, 0.05) is 30.0 Å². The number of benzene rings is 1. The molecule has 0 aromatic heterocycles. The molecule has 4 nitrogen and oxygen atoms in total. The second kappa shape index (κ2) is 9.61. The van der Waals surface area contributed by atoms with Crippen molar-refractivity contribution in [2.24, 2.45) is 23.2 Å². The summed E-state index contributed by atoms with van der Waals surface area (Å²) in [5, 5.41) is 9.37. The number of hydrogen-bond donors (Lipinski definition) is 1. The van der Waals surface area contributed by atoms with E-state index < -0.39 is 15.0 Å². The summed E-state index contributed by atoms with van der Waals surface area (Å²) in [6.45, 7) is 15.0. The molecule has 4 atom stereocenters. The van der Waals surface area contributed by atoms with Crippen molar-refractivity contribution >= 4 is 32.1 Å². The van der Waals surface area contributed by atoms with Gasteiger partial charge in [-0.1, -0.05) is 70.2 Å². The van der Waals surface area contributed by atoms with Crippen molar-refractivity contribution in [1.82, 2.24) is 4.90 Å². The van der Waals surface area contributed by atoms with E-state index in [9.17, 15) is 9.90 Å². The van der Waals surface area contributed by atoms with Crippen LogP contribution in [0.3, 0.4) is 0 Å². The molecular formula is C22H35NO3SSi. The lowest BCUT2D eigenvalue weighted by Crippen LogP contribution is -2.65. The van der Waals surface area contributed by atoms with Crippen LogP contribution < -0.4 is 0 Å². The summed E-state index contributed by atoms with van der Waals surface area (Å²) in [6.07, 6.45) is 0. The summed E-state index contributed by atoms with van der Waals surface area (Å²) in [5.41, 5.74) is 1.15. The lowest BCUT2D eigenvalue weighted by atomic mass is 9.64. The van der Waals surface area contributed by atoms with Gasteiger partial charge in [0.25, 0.3) is 0 Å². The molecule has 0 unspecified atom stereocenters. The van der Waals surface area contributed by atoms with Crippen LogP contribution in [-0.2, 0) is 9.22 Å². The fourth-order valence-electron chi connectivity index (χ4n) is 4.36. The van der Waals surface area contributed by atoms with Crippen molar-refractivity contribution < 1.29 is 14.3 Å². The highest BCUT2D eigenvalue weighted by Crippen LogP contribution is 2.44. The maximum Gasteiger partial charge on any atom is 0.317 e. The molecule has 6 heteroatoms. The number of carboxylic acids is 1. The average Bonchev–Trinajstić information content (AvgIpc) is 2.58. The van der Waals surface area contributed by atoms with Crippen LogP contribution in [0.4, 0.5) is 0 Å². The Kier molecular flexibility index (Phi) is 7.96. The molecular weight excluding hydrogens is 386 g/mol. The maximum absolute atomic E-state index is 11.4. The van der Waals surface area contributed by atoms with Crippen molar-refractivity contribution in [3.8, 4) is 0 Å². The Hall–Kier alpha value is -1.08. The van der Waals surface area contributed by atoms with Crippen LogP contribution in [0.25, 0.3) is 0 Å². The number of likely N-dealkylation sites (tertiary alicyclic amines) is 1. The zero-order valence-corrected chi connectivity index (χ0v) is 20.0. The zero-order chi connectivity index (χ0) is 21.1. The predicted octanol–water partition coefficient (Wildman–Crippen LogP) is 4.09. The van der Waals surface area contributed by atoms with Crippen LogP contribution in [0.2, 0.25) is 13.1 Å². The molecule has 1 N–H and O–H groups in total. The highest BCUT2D eigenvalue weighted by Gasteiger charge is 2.50. The predicted molar refractivity (Wildman–Crippen MR) is 122 cm³/mol. The molecule has 28 heavy (non-hydrogen) atoms. The van der Waals surface area contributed by atoms with Gasteiger partial charge in [0.05, 0.1) is 6.54 Å². The molecule has 156 valence electrons. The minimum absolute atomic E-state index is 0.0690. The summed E-state index contributed by atoms with van der Waals surface area (Å²) in [7, 11) is -1.11. The van der Waals surface area contributed by atoms with E-state index in [1.54, 1.807) is 0 Å². The first-order valence-corrected chi connectivity index (χ1v) is 13.4. The van der Waals surface area contributed by atoms with Crippen LogP contribution >= 0.6 is 12.2 Å². The Bertz CT molecular complexity index is 674. The molecule has 1 heterocycles. The summed E-state index contributed by atoms with van der Waals surface area (Å²) in [6, 6.07) is 10.2. The summed E-state index contributed by atoms with van der Waals surface area (Å²) in [5.74, 6) is 0.0818. The highest BCUT2D eigenvalue weighted by molar-refractivity contribution is 7.80. The second-order valence-electron chi connectivity index (χ2n) is 9.35. The third kappa shape index (κ3) is 5.72. The van der Waals surface area contributed by atoms with Gasteiger partial charge in [-0.05, 0) is 35.9 Å². The zero-order valence-electron chi connectivity index (χ0n) is 18.0. The SMILES string of the molecule is C[C@H](C(=S)c1ccccc1)[C@@H]1[C@@H]([C@@H](CO[SiH](C)C)C(C)(C)C)CN1CC(=O)O. The number of nitrogens with zero attached hydrogens (tertiary/aromatic N) is 1. The third-order valence-corrected chi connectivity index (χ3v) is 7.33. The van der Waals surface area contributed by atoms with E-state index in [0.29, 0.717) is 11.8 Å². The topological polar surface area (TPSA) is 49.8 Å². The number of rotatable bonds is 9. The van der Waals surface area contributed by atoms with Crippen molar-refractivity contribution in [1.29, 1.82) is 0 Å². The molecule has 1 aromatic rings. The number of carboxylic acid groups (broad SMARTS) is 1. The first-order chi connectivity index (χ1) is 13.0. The van der Waals surface area contributed by atoms with Crippen molar-refractivity contribution in [3.63, 3.8) is 0 Å². The largest absolute Gasteiger partial charge is 0.480 e. The molecule has 1 aliphatic rings. The molecule has 0 bridgehead atoms. The molecule has 1 fully saturated rings. The molecule has 1 aliphatic heterocycles. The van der Waals surface area contributed by atoms with Gasteiger partial charge in [0.1, 0.15) is 0 Å². The van der Waals surface area contributed by atoms with E-state index in [2.05, 4.69) is 45.7 Å². The number of carbonyl (C=O) groups is 1. The summed E-state index contributed by atoms with van der Waals surface area (Å²) < 4.78 is 6.15. The summed E-state index contributed by atoms with van der Waals surface area (Å²) in [4.78, 5) is 14.4. The van der Waals surface area contributed by atoms with E-state index >= 15 is 0 Å². The van der Waals surface area contributed by atoms with E-state index in [4.69, 9.17) is 16.6 Å². The number of hydrogen-bond acceptors (Lipinski definition) is 4. The van der Waals surface area contributed by atoms with Crippen molar-refractivity contribution in [2.45, 2.75) is 46.8 Å². The Morgan fingerprint density at radius 2 is 1.93 bits per heavy atom. The number of thiocarbonyl (C=S) groups is 1. The minimum Gasteiger partial charge on any atom is -0.480 e. The molecule has 0 saturated carbocycles. The average molecular weight is 422 g/mol. The van der Waals surface area contributed by atoms with Crippen LogP contribution in [0.15, 0.2) is 30.3 Å². The van der Waals surface area contributed by atoms with E-state index in [-0.39, 0.29) is 23.9 Å². The van der Waals surface area contributed by atoms with Gasteiger partial charge >= 0.3 is 5.97 Å². The number of aliphatic carboxylic acids is 1. The highest BCUT2D eigenvalue weighted by atomic mass is 32.1. The smallest absolute Gasteiger partial charge is 0.317 e. The third-order valence-electron chi connectivity index (χ3n) is 5.87. The Morgan fingerprint density at radius 1 is 1.32 bits per heavy atom. The van der Waals surface area contributed by atoms with Crippen molar-refractivity contribution in [2.75, 3.05) is 19.7 Å². The van der Waals surface area contributed by atoms with E-state index in [0.717, 1.165) is 23.6 Å². The van der Waals surface area contributed by atoms with Gasteiger partial charge < -0.3 is 9.53 Å². The Morgan fingerprint density at radius 3 is 2.43 bits per heavy atom. The lowest BCUT2D eigenvalue weighted by molar-refractivity contribution is -0.145. The molecule has 0 radical (unpaired) electrons. The van der Waals surface area contributed by atoms with Gasteiger partial charge in [-0.2, -0.15) is 0 Å². The lowest BCUT2D eigenvalue weighted by Gasteiger charge is -2.56. The first-order valence-electron chi connectivity index (χ1n) is 10.2. The Labute approximate surface area is 177 Å². The second-order valence-corrected chi connectivity index (χ2v) is 12.2. The Balaban J connectivity index is 2.27. The quantitative estimate of drug-likeness (QED) is 0.370.